The fourth-order valence-electron chi connectivity index (χ4n) is 4.11. The number of carbonyl (C=O) groups excluding carboxylic acids is 1. The average Bonchev–Trinajstić information content (AvgIpc) is 2.92. The van der Waals surface area contributed by atoms with E-state index in [1.165, 1.54) is 57.8 Å². The monoisotopic (exact) mass is 615 g/mol. The van der Waals surface area contributed by atoms with Gasteiger partial charge in [0.25, 0.3) is 0 Å². The summed E-state index contributed by atoms with van der Waals surface area (Å²) in [4.78, 5) is 22.3. The van der Waals surface area contributed by atoms with Gasteiger partial charge in [-0.25, -0.2) is 4.57 Å². The van der Waals surface area contributed by atoms with Gasteiger partial charge in [0, 0.05) is 6.42 Å². The van der Waals surface area contributed by atoms with Crippen LogP contribution in [0.25, 0.3) is 0 Å². The van der Waals surface area contributed by atoms with E-state index in [9.17, 15) is 19.4 Å². The Bertz CT molecular complexity index is 794. The number of hydrogen-bond donors (Lipinski definition) is 3. The lowest BCUT2D eigenvalue weighted by Crippen LogP contribution is -2.45. The second-order valence-corrected chi connectivity index (χ2v) is 13.6. The van der Waals surface area contributed by atoms with Gasteiger partial charge in [-0.3, -0.25) is 13.8 Å². The summed E-state index contributed by atoms with van der Waals surface area (Å²) in [5.41, 5.74) is 0. The standard InChI is InChI=1S/C33H63N2O6P/c1-6-8-10-11-12-13-14-15-16-17-18-19-20-21-22-23-24-25-26-32(36)31(34-33(37)27-9-7-2)30-41-42(38,39)40-29-28-35(3,4)5/h17-18,21-22,25-26,31-32,36H,6-16,19-20,23-24,27-30H2,1-5H3,(H-,34,37,38,39)/p+1/b18-17+,22-21+,26-25+. The minimum absolute atomic E-state index is 0.0520. The van der Waals surface area contributed by atoms with E-state index < -0.39 is 20.0 Å². The normalized spacial score (nSPS) is 15.5. The lowest BCUT2D eigenvalue weighted by atomic mass is 10.1. The Hall–Kier alpha value is -1.28. The molecule has 3 atom stereocenters. The number of aliphatic hydroxyl groups excluding tert-OH is 1. The molecule has 246 valence electrons. The highest BCUT2D eigenvalue weighted by Gasteiger charge is 2.27. The van der Waals surface area contributed by atoms with Crippen molar-refractivity contribution >= 4 is 13.7 Å². The third-order valence-electron chi connectivity index (χ3n) is 6.84. The molecule has 42 heavy (non-hydrogen) atoms. The SMILES string of the molecule is CCCCCCCCCC/C=C/CC/C=C/CC/C=C/C(O)C(COP(=O)(O)OCC[N+](C)(C)C)NC(=O)CCCC. The molecule has 3 unspecified atom stereocenters. The number of rotatable bonds is 28. The molecule has 0 aliphatic heterocycles. The highest BCUT2D eigenvalue weighted by Crippen LogP contribution is 2.43. The molecule has 0 radical (unpaired) electrons. The van der Waals surface area contributed by atoms with Crippen molar-refractivity contribution in [3.63, 3.8) is 0 Å². The van der Waals surface area contributed by atoms with Crippen molar-refractivity contribution in [3.8, 4) is 0 Å². The van der Waals surface area contributed by atoms with Crippen LogP contribution in [0.15, 0.2) is 36.5 Å². The zero-order chi connectivity index (χ0) is 31.5. The summed E-state index contributed by atoms with van der Waals surface area (Å²) in [5, 5.41) is 13.4. The molecule has 0 rings (SSSR count). The van der Waals surface area contributed by atoms with E-state index in [0.29, 0.717) is 17.4 Å². The first-order valence-corrected chi connectivity index (χ1v) is 17.9. The molecular weight excluding hydrogens is 551 g/mol. The second kappa shape index (κ2) is 26.2. The number of nitrogens with one attached hydrogen (secondary N) is 1. The molecular formula is C33H64N2O6P+. The van der Waals surface area contributed by atoms with Crippen LogP contribution in [0.5, 0.6) is 0 Å². The predicted octanol–water partition coefficient (Wildman–Crippen LogP) is 7.62. The largest absolute Gasteiger partial charge is 0.472 e. The summed E-state index contributed by atoms with van der Waals surface area (Å²) in [6.45, 7) is 4.49. The van der Waals surface area contributed by atoms with Crippen molar-refractivity contribution in [2.45, 2.75) is 129 Å². The lowest BCUT2D eigenvalue weighted by molar-refractivity contribution is -0.870. The van der Waals surface area contributed by atoms with Crippen LogP contribution >= 0.6 is 7.82 Å². The molecule has 0 bridgehead atoms. The number of amides is 1. The number of phosphoric acid groups is 1. The van der Waals surface area contributed by atoms with Gasteiger partial charge in [-0.15, -0.1) is 0 Å². The number of nitrogens with zero attached hydrogens (tertiary/aromatic N) is 1. The summed E-state index contributed by atoms with van der Waals surface area (Å²) in [7, 11) is 1.53. The number of aliphatic hydroxyl groups is 1. The maximum Gasteiger partial charge on any atom is 0.472 e. The van der Waals surface area contributed by atoms with Gasteiger partial charge in [0.15, 0.2) is 0 Å². The molecule has 0 aromatic carbocycles. The van der Waals surface area contributed by atoms with Gasteiger partial charge < -0.3 is 19.8 Å². The first kappa shape index (κ1) is 40.7. The fraction of sp³-hybridized carbons (Fsp3) is 0.788. The number of carbonyl (C=O) groups is 1. The summed E-state index contributed by atoms with van der Waals surface area (Å²) in [6, 6.07) is -0.860. The van der Waals surface area contributed by atoms with Gasteiger partial charge >= 0.3 is 7.82 Å². The topological polar surface area (TPSA) is 105 Å². The Morgan fingerprint density at radius 3 is 1.88 bits per heavy atom. The van der Waals surface area contributed by atoms with Crippen molar-refractivity contribution < 1.29 is 32.9 Å². The molecule has 0 fully saturated rings. The van der Waals surface area contributed by atoms with Crippen LogP contribution in [0.4, 0.5) is 0 Å². The van der Waals surface area contributed by atoms with Gasteiger partial charge in [-0.05, 0) is 44.9 Å². The van der Waals surface area contributed by atoms with E-state index in [0.717, 1.165) is 38.5 Å². The van der Waals surface area contributed by atoms with E-state index in [4.69, 9.17) is 9.05 Å². The summed E-state index contributed by atoms with van der Waals surface area (Å²) in [5.74, 6) is -0.230. The van der Waals surface area contributed by atoms with Crippen LogP contribution in [0.2, 0.25) is 0 Å². The minimum Gasteiger partial charge on any atom is -0.387 e. The van der Waals surface area contributed by atoms with E-state index in [1.54, 1.807) is 6.08 Å². The Kier molecular flexibility index (Phi) is 25.4. The summed E-state index contributed by atoms with van der Waals surface area (Å²) < 4.78 is 23.1. The van der Waals surface area contributed by atoms with Crippen LogP contribution in [0.1, 0.15) is 117 Å². The third kappa shape index (κ3) is 27.5. The van der Waals surface area contributed by atoms with Gasteiger partial charge in [-0.1, -0.05) is 102 Å². The molecule has 8 nitrogen and oxygen atoms in total. The summed E-state index contributed by atoms with van der Waals surface area (Å²) in [6.07, 6.45) is 28.9. The van der Waals surface area contributed by atoms with E-state index in [1.807, 2.05) is 34.1 Å². The molecule has 0 aromatic rings. The molecule has 3 N–H and O–H groups in total. The number of hydrogen-bond acceptors (Lipinski definition) is 5. The Morgan fingerprint density at radius 1 is 0.786 bits per heavy atom. The first-order valence-electron chi connectivity index (χ1n) is 16.4. The fourth-order valence-corrected chi connectivity index (χ4v) is 4.84. The molecule has 0 saturated carbocycles. The molecule has 0 aromatic heterocycles. The van der Waals surface area contributed by atoms with Crippen molar-refractivity contribution in [3.05, 3.63) is 36.5 Å². The Balaban J connectivity index is 4.37. The van der Waals surface area contributed by atoms with Crippen LogP contribution in [0, 0.1) is 0 Å². The zero-order valence-electron chi connectivity index (χ0n) is 27.5. The van der Waals surface area contributed by atoms with E-state index in [2.05, 4.69) is 36.5 Å². The van der Waals surface area contributed by atoms with Gasteiger partial charge in [0.2, 0.25) is 5.91 Å². The highest BCUT2D eigenvalue weighted by atomic mass is 31.2. The van der Waals surface area contributed by atoms with Crippen LogP contribution in [-0.2, 0) is 18.4 Å². The molecule has 0 aliphatic carbocycles. The molecule has 0 saturated heterocycles. The molecule has 0 spiro atoms. The quantitative estimate of drug-likeness (QED) is 0.0362. The first-order chi connectivity index (χ1) is 20.0. The van der Waals surface area contributed by atoms with Crippen LogP contribution in [-0.4, -0.2) is 73.4 Å². The maximum atomic E-state index is 12.3. The zero-order valence-corrected chi connectivity index (χ0v) is 28.4. The lowest BCUT2D eigenvalue weighted by Gasteiger charge is -2.25. The van der Waals surface area contributed by atoms with Gasteiger partial charge in [-0.2, -0.15) is 0 Å². The number of likely N-dealkylation sites (N-methyl/N-ethyl adjacent to an activating group) is 1. The summed E-state index contributed by atoms with van der Waals surface area (Å²) >= 11 is 0. The third-order valence-corrected chi connectivity index (χ3v) is 7.82. The average molecular weight is 616 g/mol. The number of phosphoric ester groups is 1. The van der Waals surface area contributed by atoms with Crippen molar-refractivity contribution in [2.75, 3.05) is 40.9 Å². The maximum absolute atomic E-state index is 12.3. The molecule has 0 aliphatic rings. The van der Waals surface area contributed by atoms with Crippen molar-refractivity contribution in [1.82, 2.24) is 5.32 Å². The highest BCUT2D eigenvalue weighted by molar-refractivity contribution is 7.47. The number of quaternary nitrogens is 1. The smallest absolute Gasteiger partial charge is 0.387 e. The van der Waals surface area contributed by atoms with E-state index in [-0.39, 0.29) is 19.1 Å². The molecule has 1 amide bonds. The van der Waals surface area contributed by atoms with E-state index >= 15 is 0 Å². The van der Waals surface area contributed by atoms with Gasteiger partial charge in [0.1, 0.15) is 13.2 Å². The number of allylic oxidation sites excluding steroid dienone is 5. The van der Waals surface area contributed by atoms with Crippen molar-refractivity contribution in [1.29, 1.82) is 0 Å². The molecule has 0 heterocycles. The van der Waals surface area contributed by atoms with Crippen molar-refractivity contribution in [2.24, 2.45) is 0 Å². The Labute approximate surface area is 257 Å². The second-order valence-electron chi connectivity index (χ2n) is 12.2. The number of unbranched alkanes of at least 4 members (excludes halogenated alkanes) is 11. The van der Waals surface area contributed by atoms with Crippen LogP contribution < -0.4 is 5.32 Å². The predicted molar refractivity (Wildman–Crippen MR) is 175 cm³/mol. The van der Waals surface area contributed by atoms with Gasteiger partial charge in [0.05, 0.1) is 39.9 Å². The molecule has 9 heteroatoms. The minimum atomic E-state index is -4.31. The Morgan fingerprint density at radius 2 is 1.31 bits per heavy atom. The van der Waals surface area contributed by atoms with Crippen LogP contribution in [0.3, 0.4) is 0 Å².